The lowest BCUT2D eigenvalue weighted by molar-refractivity contribution is 0.0977. The van der Waals surface area contributed by atoms with E-state index in [-0.39, 0.29) is 21.5 Å². The molecule has 1 amide bonds. The van der Waals surface area contributed by atoms with Crippen molar-refractivity contribution in [1.82, 2.24) is 10.6 Å². The summed E-state index contributed by atoms with van der Waals surface area (Å²) < 4.78 is 0. The first kappa shape index (κ1) is 20.1. The molecule has 0 heterocycles. The Balaban J connectivity index is 2.78. The van der Waals surface area contributed by atoms with Crippen molar-refractivity contribution in [3.63, 3.8) is 0 Å². The Morgan fingerprint density at radius 2 is 1.71 bits per heavy atom. The fourth-order valence-electron chi connectivity index (χ4n) is 1.88. The van der Waals surface area contributed by atoms with E-state index < -0.39 is 0 Å². The van der Waals surface area contributed by atoms with Gasteiger partial charge in [-0.1, -0.05) is 63.2 Å². The first-order valence-corrected chi connectivity index (χ1v) is 8.24. The monoisotopic (exact) mass is 362 g/mol. The molecule has 3 nitrogen and oxygen atoms in total. The highest BCUT2D eigenvalue weighted by atomic mass is 35.5. The van der Waals surface area contributed by atoms with E-state index in [4.69, 9.17) is 23.8 Å². The van der Waals surface area contributed by atoms with E-state index in [1.54, 1.807) is 18.2 Å². The maximum Gasteiger partial charge on any atom is 0.257 e. The molecule has 0 aliphatic carbocycles. The third-order valence-corrected chi connectivity index (χ3v) is 3.58. The van der Waals surface area contributed by atoms with Crippen LogP contribution in [0.5, 0.6) is 0 Å². The van der Waals surface area contributed by atoms with Gasteiger partial charge in [0.05, 0.1) is 10.7 Å². The molecule has 0 unspecified atom stereocenters. The van der Waals surface area contributed by atoms with Crippen molar-refractivity contribution in [1.29, 1.82) is 0 Å². The molecule has 0 spiro atoms. The molecule has 24 heavy (non-hydrogen) atoms. The molecule has 1 aromatic carbocycles. The molecule has 0 aliphatic heterocycles. The summed E-state index contributed by atoms with van der Waals surface area (Å²) in [5.41, 5.74) is 3.00. The molecule has 0 aromatic heterocycles. The standard InChI is InChI=1S/C19H23ClN2OS/c1-12(2)11-16(13(3)20)21-18(24)22-17(23)14-7-9-15(10-8-14)19(4,5)6/h7-11H,1,3H2,2,4-6H3,(H2,21,22,23,24)/b16-11+. The molecule has 5 heteroatoms. The van der Waals surface area contributed by atoms with Crippen LogP contribution in [-0.2, 0) is 5.41 Å². The first-order valence-electron chi connectivity index (χ1n) is 7.45. The van der Waals surface area contributed by atoms with Gasteiger partial charge in [-0.2, -0.15) is 0 Å². The quantitative estimate of drug-likeness (QED) is 0.597. The summed E-state index contributed by atoms with van der Waals surface area (Å²) >= 11 is 11.1. The van der Waals surface area contributed by atoms with Gasteiger partial charge in [0.1, 0.15) is 0 Å². The van der Waals surface area contributed by atoms with Crippen molar-refractivity contribution >= 4 is 34.8 Å². The summed E-state index contributed by atoms with van der Waals surface area (Å²) in [5, 5.41) is 5.91. The van der Waals surface area contributed by atoms with Crippen molar-refractivity contribution in [2.45, 2.75) is 33.1 Å². The fourth-order valence-corrected chi connectivity index (χ4v) is 2.18. The minimum absolute atomic E-state index is 0.0365. The molecule has 1 rings (SSSR count). The Labute approximate surface area is 154 Å². The van der Waals surface area contributed by atoms with Crippen molar-refractivity contribution in [3.05, 3.63) is 70.9 Å². The maximum absolute atomic E-state index is 12.3. The molecule has 0 saturated heterocycles. The van der Waals surface area contributed by atoms with Gasteiger partial charge in [-0.25, -0.2) is 0 Å². The zero-order valence-corrected chi connectivity index (χ0v) is 16.1. The smallest absolute Gasteiger partial charge is 0.257 e. The number of nitrogens with one attached hydrogen (secondary N) is 2. The highest BCUT2D eigenvalue weighted by Crippen LogP contribution is 2.22. The molecular weight excluding hydrogens is 340 g/mol. The van der Waals surface area contributed by atoms with Crippen molar-refractivity contribution in [3.8, 4) is 0 Å². The molecule has 0 saturated carbocycles. The molecule has 0 atom stereocenters. The van der Waals surface area contributed by atoms with Gasteiger partial charge in [-0.15, -0.1) is 0 Å². The Kier molecular flexibility index (Phi) is 6.93. The lowest BCUT2D eigenvalue weighted by Gasteiger charge is -2.19. The van der Waals surface area contributed by atoms with E-state index in [1.165, 1.54) is 0 Å². The molecule has 0 aliphatic rings. The van der Waals surface area contributed by atoms with Gasteiger partial charge in [0.15, 0.2) is 5.11 Å². The molecule has 0 bridgehead atoms. The predicted molar refractivity (Wildman–Crippen MR) is 106 cm³/mol. The maximum atomic E-state index is 12.3. The Morgan fingerprint density at radius 1 is 1.17 bits per heavy atom. The molecule has 0 fully saturated rings. The van der Waals surface area contributed by atoms with Crippen LogP contribution in [0, 0.1) is 0 Å². The normalized spacial score (nSPS) is 11.6. The minimum atomic E-state index is -0.289. The number of benzene rings is 1. The second-order valence-electron chi connectivity index (χ2n) is 6.54. The zero-order valence-electron chi connectivity index (χ0n) is 14.5. The summed E-state index contributed by atoms with van der Waals surface area (Å²) in [7, 11) is 0. The Hall–Kier alpha value is -1.91. The average molecular weight is 363 g/mol. The van der Waals surface area contributed by atoms with Crippen LogP contribution in [0.3, 0.4) is 0 Å². The lowest BCUT2D eigenvalue weighted by atomic mass is 9.87. The number of carbonyl (C=O) groups is 1. The second-order valence-corrected chi connectivity index (χ2v) is 7.41. The van der Waals surface area contributed by atoms with E-state index in [0.29, 0.717) is 11.3 Å². The summed E-state index contributed by atoms with van der Waals surface area (Å²) in [6.45, 7) is 15.6. The van der Waals surface area contributed by atoms with Gasteiger partial charge in [0.2, 0.25) is 0 Å². The van der Waals surface area contributed by atoms with Crippen LogP contribution < -0.4 is 10.6 Å². The fraction of sp³-hybridized carbons (Fsp3) is 0.263. The van der Waals surface area contributed by atoms with E-state index >= 15 is 0 Å². The number of hydrogen-bond donors (Lipinski definition) is 2. The second kappa shape index (κ2) is 8.27. The van der Waals surface area contributed by atoms with Crippen LogP contribution in [-0.4, -0.2) is 11.0 Å². The highest BCUT2D eigenvalue weighted by Gasteiger charge is 2.15. The molecule has 128 valence electrons. The lowest BCUT2D eigenvalue weighted by Crippen LogP contribution is -2.38. The van der Waals surface area contributed by atoms with Crippen LogP contribution in [0.15, 0.2) is 59.8 Å². The van der Waals surface area contributed by atoms with Gasteiger partial charge in [0.25, 0.3) is 5.91 Å². The Morgan fingerprint density at radius 3 is 2.12 bits per heavy atom. The summed E-state index contributed by atoms with van der Waals surface area (Å²) in [6.07, 6.45) is 1.70. The summed E-state index contributed by atoms with van der Waals surface area (Å²) in [5.74, 6) is -0.289. The van der Waals surface area contributed by atoms with E-state index in [9.17, 15) is 4.79 Å². The number of thiocarbonyl (C=S) groups is 1. The van der Waals surface area contributed by atoms with Crippen molar-refractivity contribution in [2.75, 3.05) is 0 Å². The third-order valence-electron chi connectivity index (χ3n) is 3.17. The third kappa shape index (κ3) is 6.30. The number of amides is 1. The van der Waals surface area contributed by atoms with E-state index in [0.717, 1.165) is 11.1 Å². The first-order chi connectivity index (χ1) is 11.0. The number of hydrogen-bond acceptors (Lipinski definition) is 2. The van der Waals surface area contributed by atoms with Crippen LogP contribution >= 0.6 is 23.8 Å². The topological polar surface area (TPSA) is 41.1 Å². The number of allylic oxidation sites excluding steroid dienone is 3. The zero-order chi connectivity index (χ0) is 18.5. The van der Waals surface area contributed by atoms with Gasteiger partial charge >= 0.3 is 0 Å². The van der Waals surface area contributed by atoms with Crippen LogP contribution in [0.2, 0.25) is 0 Å². The largest absolute Gasteiger partial charge is 0.331 e. The van der Waals surface area contributed by atoms with Crippen LogP contribution in [0.4, 0.5) is 0 Å². The molecular formula is C19H23ClN2OS. The number of carbonyl (C=O) groups excluding carboxylic acids is 1. The van der Waals surface area contributed by atoms with E-state index in [2.05, 4.69) is 44.6 Å². The predicted octanol–water partition coefficient (Wildman–Crippen LogP) is 4.80. The van der Waals surface area contributed by atoms with Gasteiger partial charge in [-0.3, -0.25) is 10.1 Å². The van der Waals surface area contributed by atoms with Crippen molar-refractivity contribution in [2.24, 2.45) is 0 Å². The highest BCUT2D eigenvalue weighted by molar-refractivity contribution is 7.80. The van der Waals surface area contributed by atoms with Crippen LogP contribution in [0.1, 0.15) is 43.6 Å². The molecule has 1 aromatic rings. The van der Waals surface area contributed by atoms with Crippen LogP contribution in [0.25, 0.3) is 0 Å². The number of rotatable bonds is 4. The van der Waals surface area contributed by atoms with E-state index in [1.807, 2.05) is 19.1 Å². The minimum Gasteiger partial charge on any atom is -0.331 e. The number of halogens is 1. The van der Waals surface area contributed by atoms with Gasteiger partial charge in [0, 0.05) is 5.56 Å². The van der Waals surface area contributed by atoms with Gasteiger partial charge in [-0.05, 0) is 48.3 Å². The SMILES string of the molecule is C=C(C)/C=C(/NC(=S)NC(=O)c1ccc(C(C)(C)C)cc1)C(=C)Cl. The Bertz CT molecular complexity index is 697. The average Bonchev–Trinajstić information content (AvgIpc) is 2.45. The summed E-state index contributed by atoms with van der Waals surface area (Å²) in [4.78, 5) is 12.3. The molecule has 2 N–H and O–H groups in total. The van der Waals surface area contributed by atoms with Crippen molar-refractivity contribution < 1.29 is 4.79 Å². The summed E-state index contributed by atoms with van der Waals surface area (Å²) in [6, 6.07) is 7.45. The van der Waals surface area contributed by atoms with Gasteiger partial charge < -0.3 is 5.32 Å². The molecule has 0 radical (unpaired) electrons.